The normalized spacial score (nSPS) is 15.3. The summed E-state index contributed by atoms with van der Waals surface area (Å²) in [6, 6.07) is 19.0. The maximum Gasteiger partial charge on any atom is 0.245 e. The minimum Gasteiger partial charge on any atom is -0.369 e. The summed E-state index contributed by atoms with van der Waals surface area (Å²) in [6.07, 6.45) is 1.75. The molecule has 0 radical (unpaired) electrons. The van der Waals surface area contributed by atoms with Crippen LogP contribution in [-0.2, 0) is 10.0 Å². The Balaban J connectivity index is 1.42. The van der Waals surface area contributed by atoms with Crippen LogP contribution in [0.25, 0.3) is 16.8 Å². The van der Waals surface area contributed by atoms with Gasteiger partial charge in [0.1, 0.15) is 0 Å². The van der Waals surface area contributed by atoms with E-state index >= 15 is 0 Å². The molecule has 10 heteroatoms. The smallest absolute Gasteiger partial charge is 0.245 e. The largest absolute Gasteiger partial charge is 0.369 e. The fourth-order valence-electron chi connectivity index (χ4n) is 4.44. The van der Waals surface area contributed by atoms with Crippen molar-refractivity contribution in [3.8, 4) is 11.3 Å². The van der Waals surface area contributed by atoms with Crippen LogP contribution >= 0.6 is 0 Å². The molecule has 1 aliphatic rings. The van der Waals surface area contributed by atoms with E-state index in [1.54, 1.807) is 28.9 Å². The lowest BCUT2D eigenvalue weighted by Gasteiger charge is -2.34. The molecule has 0 unspecified atom stereocenters. The van der Waals surface area contributed by atoms with Gasteiger partial charge in [-0.05, 0) is 70.3 Å². The highest BCUT2D eigenvalue weighted by molar-refractivity contribution is 7.89. The quantitative estimate of drug-likeness (QED) is 0.398. The molecule has 0 amide bonds. The number of aromatic nitrogens is 3. The standard InChI is InChI=1S/C27H33N7O2S/c1-27(2,3)31-37(35,36)24-10-5-7-20(17-24)25-12-11-23-19-28-26(30-34(23)25)29-21-8-6-9-22(18-21)33-15-13-32(4)14-16-33/h5-12,17-19,31H,13-16H2,1-4H3,(H,29,30). The van der Waals surface area contributed by atoms with Crippen LogP contribution in [0.1, 0.15) is 20.8 Å². The van der Waals surface area contributed by atoms with E-state index in [0.29, 0.717) is 5.95 Å². The average Bonchev–Trinajstić information content (AvgIpc) is 3.27. The Hall–Kier alpha value is -3.47. The number of rotatable bonds is 6. The summed E-state index contributed by atoms with van der Waals surface area (Å²) in [5.74, 6) is 0.457. The van der Waals surface area contributed by atoms with E-state index in [2.05, 4.69) is 44.0 Å². The number of sulfonamides is 1. The second kappa shape index (κ2) is 9.77. The maximum absolute atomic E-state index is 12.9. The summed E-state index contributed by atoms with van der Waals surface area (Å²) >= 11 is 0. The molecule has 5 rings (SSSR count). The lowest BCUT2D eigenvalue weighted by Crippen LogP contribution is -2.44. The number of hydrogen-bond acceptors (Lipinski definition) is 7. The van der Waals surface area contributed by atoms with Gasteiger partial charge in [0, 0.05) is 48.7 Å². The van der Waals surface area contributed by atoms with Gasteiger partial charge in [0.15, 0.2) is 0 Å². The summed E-state index contributed by atoms with van der Waals surface area (Å²) < 4.78 is 30.3. The first-order valence-corrected chi connectivity index (χ1v) is 13.9. The van der Waals surface area contributed by atoms with Gasteiger partial charge in [0.2, 0.25) is 16.0 Å². The third-order valence-corrected chi connectivity index (χ3v) is 8.01. The van der Waals surface area contributed by atoms with Crippen molar-refractivity contribution in [2.45, 2.75) is 31.2 Å². The summed E-state index contributed by atoms with van der Waals surface area (Å²) in [4.78, 5) is 9.42. The summed E-state index contributed by atoms with van der Waals surface area (Å²) in [5.41, 5.74) is 3.84. The maximum atomic E-state index is 12.9. The summed E-state index contributed by atoms with van der Waals surface area (Å²) in [5, 5.41) is 8.05. The number of fused-ring (bicyclic) bond motifs is 1. The molecule has 4 aromatic rings. The molecule has 0 atom stereocenters. The lowest BCUT2D eigenvalue weighted by molar-refractivity contribution is 0.313. The number of likely N-dealkylation sites (N-methyl/N-ethyl adjacent to an activating group) is 1. The molecule has 0 spiro atoms. The molecule has 9 nitrogen and oxygen atoms in total. The average molecular weight is 520 g/mol. The molecule has 1 saturated heterocycles. The van der Waals surface area contributed by atoms with Gasteiger partial charge >= 0.3 is 0 Å². The van der Waals surface area contributed by atoms with E-state index in [-0.39, 0.29) is 4.90 Å². The van der Waals surface area contributed by atoms with Crippen LogP contribution in [0, 0.1) is 0 Å². The van der Waals surface area contributed by atoms with Crippen molar-refractivity contribution in [2.75, 3.05) is 43.4 Å². The first kappa shape index (κ1) is 25.2. The van der Waals surface area contributed by atoms with E-state index in [1.807, 2.05) is 51.1 Å². The number of piperazine rings is 1. The molecule has 2 N–H and O–H groups in total. The van der Waals surface area contributed by atoms with Crippen LogP contribution in [0.5, 0.6) is 0 Å². The summed E-state index contributed by atoms with van der Waals surface area (Å²) in [6.45, 7) is 9.54. The molecule has 2 aromatic heterocycles. The molecular formula is C27H33N7O2S. The van der Waals surface area contributed by atoms with Gasteiger partial charge in [-0.1, -0.05) is 18.2 Å². The molecule has 1 aliphatic heterocycles. The Morgan fingerprint density at radius 3 is 2.43 bits per heavy atom. The van der Waals surface area contributed by atoms with Crippen LogP contribution in [-0.4, -0.2) is 66.7 Å². The molecular weight excluding hydrogens is 486 g/mol. The summed E-state index contributed by atoms with van der Waals surface area (Å²) in [7, 11) is -1.51. The number of hydrogen-bond donors (Lipinski definition) is 2. The molecule has 0 saturated carbocycles. The van der Waals surface area contributed by atoms with E-state index in [1.165, 1.54) is 5.69 Å². The van der Waals surface area contributed by atoms with Crippen molar-refractivity contribution in [1.82, 2.24) is 24.2 Å². The molecule has 0 aliphatic carbocycles. The molecule has 1 fully saturated rings. The van der Waals surface area contributed by atoms with Crippen LogP contribution in [0.4, 0.5) is 17.3 Å². The Kier molecular flexibility index (Phi) is 6.65. The minimum atomic E-state index is -3.66. The Labute approximate surface area is 218 Å². The van der Waals surface area contributed by atoms with Crippen LogP contribution < -0.4 is 14.9 Å². The predicted octanol–water partition coefficient (Wildman–Crippen LogP) is 3.97. The zero-order chi connectivity index (χ0) is 26.2. The highest BCUT2D eigenvalue weighted by atomic mass is 32.2. The Bertz CT molecular complexity index is 1520. The SMILES string of the molecule is CN1CCN(c2cccc(Nc3ncc4ccc(-c5cccc(S(=O)(=O)NC(C)(C)C)c5)n4n3)c2)CC1. The zero-order valence-electron chi connectivity index (χ0n) is 21.6. The van der Waals surface area contributed by atoms with Crippen molar-refractivity contribution in [2.24, 2.45) is 0 Å². The molecule has 0 bridgehead atoms. The monoisotopic (exact) mass is 519 g/mol. The lowest BCUT2D eigenvalue weighted by atomic mass is 10.1. The molecule has 194 valence electrons. The first-order chi connectivity index (χ1) is 17.6. The van der Waals surface area contributed by atoms with Gasteiger partial charge in [-0.25, -0.2) is 22.6 Å². The van der Waals surface area contributed by atoms with E-state index in [0.717, 1.165) is 48.6 Å². The van der Waals surface area contributed by atoms with Gasteiger partial charge in [-0.3, -0.25) is 0 Å². The van der Waals surface area contributed by atoms with Gasteiger partial charge in [-0.2, -0.15) is 0 Å². The number of benzene rings is 2. The topological polar surface area (TPSA) is 94.9 Å². The first-order valence-electron chi connectivity index (χ1n) is 12.4. The zero-order valence-corrected chi connectivity index (χ0v) is 22.5. The van der Waals surface area contributed by atoms with Crippen LogP contribution in [0.15, 0.2) is 71.8 Å². The Morgan fingerprint density at radius 1 is 0.919 bits per heavy atom. The third-order valence-electron chi connectivity index (χ3n) is 6.25. The molecule has 3 heterocycles. The highest BCUT2D eigenvalue weighted by Crippen LogP contribution is 2.26. The minimum absolute atomic E-state index is 0.211. The van der Waals surface area contributed by atoms with E-state index in [9.17, 15) is 8.42 Å². The van der Waals surface area contributed by atoms with Crippen molar-refractivity contribution < 1.29 is 8.42 Å². The van der Waals surface area contributed by atoms with Crippen molar-refractivity contribution >= 4 is 32.9 Å². The molecule has 37 heavy (non-hydrogen) atoms. The van der Waals surface area contributed by atoms with Gasteiger partial charge in [0.25, 0.3) is 0 Å². The fourth-order valence-corrected chi connectivity index (χ4v) is 5.90. The second-order valence-electron chi connectivity index (χ2n) is 10.5. The molecule has 2 aromatic carbocycles. The predicted molar refractivity (Wildman–Crippen MR) is 148 cm³/mol. The Morgan fingerprint density at radius 2 is 1.68 bits per heavy atom. The third kappa shape index (κ3) is 5.76. The van der Waals surface area contributed by atoms with Gasteiger partial charge in [-0.15, -0.1) is 5.10 Å². The second-order valence-corrected chi connectivity index (χ2v) is 12.2. The number of nitrogens with one attached hydrogen (secondary N) is 2. The van der Waals surface area contributed by atoms with E-state index < -0.39 is 15.6 Å². The van der Waals surface area contributed by atoms with Crippen LogP contribution in [0.2, 0.25) is 0 Å². The van der Waals surface area contributed by atoms with Crippen molar-refractivity contribution in [3.05, 3.63) is 66.9 Å². The van der Waals surface area contributed by atoms with Crippen LogP contribution in [0.3, 0.4) is 0 Å². The fraction of sp³-hybridized carbons (Fsp3) is 0.333. The highest BCUT2D eigenvalue weighted by Gasteiger charge is 2.22. The number of anilines is 3. The number of nitrogens with zero attached hydrogens (tertiary/aromatic N) is 5. The van der Waals surface area contributed by atoms with Crippen molar-refractivity contribution in [3.63, 3.8) is 0 Å². The van der Waals surface area contributed by atoms with E-state index in [4.69, 9.17) is 5.10 Å². The van der Waals surface area contributed by atoms with Gasteiger partial charge < -0.3 is 15.1 Å². The van der Waals surface area contributed by atoms with Gasteiger partial charge in [0.05, 0.1) is 22.3 Å². The van der Waals surface area contributed by atoms with Crippen molar-refractivity contribution in [1.29, 1.82) is 0 Å².